The zero-order valence-corrected chi connectivity index (χ0v) is 13.1. The first-order valence-electron chi connectivity index (χ1n) is 6.11. The van der Waals surface area contributed by atoms with Crippen LogP contribution in [0.15, 0.2) is 16.6 Å². The summed E-state index contributed by atoms with van der Waals surface area (Å²) in [6, 6.07) is 3.85. The maximum Gasteiger partial charge on any atom is 0.0923 e. The smallest absolute Gasteiger partial charge is 0.0923 e. The molecule has 0 aliphatic heterocycles. The molecule has 0 atom stereocenters. The van der Waals surface area contributed by atoms with Gasteiger partial charge in [-0.05, 0) is 38.0 Å². The number of nitrogens with zero attached hydrogens (tertiary/aromatic N) is 1. The highest BCUT2D eigenvalue weighted by molar-refractivity contribution is 9.10. The monoisotopic (exact) mass is 326 g/mol. The Kier molecular flexibility index (Phi) is 4.13. The molecule has 4 heteroatoms. The van der Waals surface area contributed by atoms with E-state index in [1.807, 2.05) is 12.1 Å². The second-order valence-corrected chi connectivity index (χ2v) is 5.46. The van der Waals surface area contributed by atoms with E-state index in [1.54, 1.807) is 0 Å². The number of hydrogen-bond donors (Lipinski definition) is 1. The molecule has 0 aliphatic carbocycles. The van der Waals surface area contributed by atoms with Crippen molar-refractivity contribution in [2.45, 2.75) is 27.2 Å². The van der Waals surface area contributed by atoms with Crippen LogP contribution in [0.1, 0.15) is 25.1 Å². The number of aromatic nitrogens is 1. The SMILES string of the molecule is CCNc1c(C)c(CC)nc2c(Cl)ccc(Br)c12. The van der Waals surface area contributed by atoms with E-state index in [4.69, 9.17) is 16.6 Å². The molecule has 2 rings (SSSR count). The van der Waals surface area contributed by atoms with Gasteiger partial charge in [-0.2, -0.15) is 0 Å². The number of nitrogens with one attached hydrogen (secondary N) is 1. The Morgan fingerprint density at radius 2 is 2.06 bits per heavy atom. The van der Waals surface area contributed by atoms with Gasteiger partial charge in [-0.15, -0.1) is 0 Å². The van der Waals surface area contributed by atoms with Crippen molar-refractivity contribution >= 4 is 44.1 Å². The van der Waals surface area contributed by atoms with E-state index in [0.29, 0.717) is 5.02 Å². The lowest BCUT2D eigenvalue weighted by atomic mass is 10.1. The molecule has 2 aromatic rings. The Balaban J connectivity index is 2.90. The fourth-order valence-electron chi connectivity index (χ4n) is 2.18. The van der Waals surface area contributed by atoms with Crippen molar-refractivity contribution in [2.75, 3.05) is 11.9 Å². The van der Waals surface area contributed by atoms with Crippen LogP contribution in [0.2, 0.25) is 5.02 Å². The Labute approximate surface area is 121 Å². The molecule has 18 heavy (non-hydrogen) atoms. The van der Waals surface area contributed by atoms with Crippen LogP contribution in [0.4, 0.5) is 5.69 Å². The molecule has 1 aromatic heterocycles. The number of benzene rings is 1. The predicted octanol–water partition coefficient (Wildman–Crippen LogP) is 4.95. The van der Waals surface area contributed by atoms with E-state index in [-0.39, 0.29) is 0 Å². The second-order valence-electron chi connectivity index (χ2n) is 4.20. The summed E-state index contributed by atoms with van der Waals surface area (Å²) in [4.78, 5) is 4.69. The number of rotatable bonds is 3. The Bertz CT molecular complexity index is 596. The van der Waals surface area contributed by atoms with E-state index >= 15 is 0 Å². The van der Waals surface area contributed by atoms with Crippen molar-refractivity contribution in [3.63, 3.8) is 0 Å². The minimum Gasteiger partial charge on any atom is -0.384 e. The third-order valence-corrected chi connectivity index (χ3v) is 4.04. The third kappa shape index (κ3) is 2.21. The fourth-order valence-corrected chi connectivity index (χ4v) is 2.90. The maximum absolute atomic E-state index is 6.27. The summed E-state index contributed by atoms with van der Waals surface area (Å²) >= 11 is 9.87. The molecule has 96 valence electrons. The molecule has 0 saturated heterocycles. The van der Waals surface area contributed by atoms with Gasteiger partial charge in [-0.25, -0.2) is 0 Å². The molecule has 0 saturated carbocycles. The standard InChI is InChI=1S/C14H16BrClN2/c1-4-11-8(3)13(17-5-2)12-9(15)6-7-10(16)14(12)18-11/h6-7H,4-5H2,1-3H3,(H,17,18). The highest BCUT2D eigenvalue weighted by Crippen LogP contribution is 2.37. The highest BCUT2D eigenvalue weighted by atomic mass is 79.9. The summed E-state index contributed by atoms with van der Waals surface area (Å²) < 4.78 is 1.02. The molecule has 1 aromatic carbocycles. The summed E-state index contributed by atoms with van der Waals surface area (Å²) in [5, 5.41) is 5.20. The number of fused-ring (bicyclic) bond motifs is 1. The van der Waals surface area contributed by atoms with E-state index in [9.17, 15) is 0 Å². The van der Waals surface area contributed by atoms with E-state index in [2.05, 4.69) is 42.0 Å². The van der Waals surface area contributed by atoms with E-state index in [1.165, 1.54) is 5.56 Å². The average molecular weight is 328 g/mol. The van der Waals surface area contributed by atoms with Gasteiger partial charge in [-0.1, -0.05) is 34.5 Å². The van der Waals surface area contributed by atoms with Gasteiger partial charge in [0.2, 0.25) is 0 Å². The summed E-state index contributed by atoms with van der Waals surface area (Å²) in [6.07, 6.45) is 0.906. The summed E-state index contributed by atoms with van der Waals surface area (Å²) in [5.41, 5.74) is 4.30. The topological polar surface area (TPSA) is 24.9 Å². The zero-order valence-electron chi connectivity index (χ0n) is 10.8. The summed E-state index contributed by atoms with van der Waals surface area (Å²) in [7, 11) is 0. The van der Waals surface area contributed by atoms with Crippen molar-refractivity contribution in [3.8, 4) is 0 Å². The van der Waals surface area contributed by atoms with Crippen LogP contribution in [0, 0.1) is 6.92 Å². The molecular formula is C14H16BrClN2. The second kappa shape index (κ2) is 5.45. The summed E-state index contributed by atoms with van der Waals surface area (Å²) in [6.45, 7) is 7.19. The van der Waals surface area contributed by atoms with Gasteiger partial charge in [0.25, 0.3) is 0 Å². The van der Waals surface area contributed by atoms with Crippen LogP contribution < -0.4 is 5.32 Å². The summed E-state index contributed by atoms with van der Waals surface area (Å²) in [5.74, 6) is 0. The first kappa shape index (κ1) is 13.6. The number of anilines is 1. The Morgan fingerprint density at radius 3 is 2.67 bits per heavy atom. The molecule has 0 bridgehead atoms. The van der Waals surface area contributed by atoms with Crippen molar-refractivity contribution in [1.29, 1.82) is 0 Å². The molecule has 1 N–H and O–H groups in total. The maximum atomic E-state index is 6.27. The minimum atomic E-state index is 0.696. The number of pyridine rings is 1. The van der Waals surface area contributed by atoms with Crippen molar-refractivity contribution in [3.05, 3.63) is 32.9 Å². The zero-order chi connectivity index (χ0) is 13.3. The lowest BCUT2D eigenvalue weighted by molar-refractivity contribution is 1.03. The molecule has 0 amide bonds. The van der Waals surface area contributed by atoms with E-state index in [0.717, 1.165) is 39.7 Å². The Morgan fingerprint density at radius 1 is 1.33 bits per heavy atom. The van der Waals surface area contributed by atoms with Crippen LogP contribution in [-0.4, -0.2) is 11.5 Å². The van der Waals surface area contributed by atoms with Crippen molar-refractivity contribution in [1.82, 2.24) is 4.98 Å². The van der Waals surface area contributed by atoms with Gasteiger partial charge in [0.1, 0.15) is 0 Å². The number of aryl methyl sites for hydroxylation is 1. The number of hydrogen-bond acceptors (Lipinski definition) is 2. The lowest BCUT2D eigenvalue weighted by Crippen LogP contribution is -2.05. The van der Waals surface area contributed by atoms with Crippen LogP contribution in [0.3, 0.4) is 0 Å². The van der Waals surface area contributed by atoms with Gasteiger partial charge in [0, 0.05) is 27.8 Å². The first-order chi connectivity index (χ1) is 8.60. The molecular weight excluding hydrogens is 312 g/mol. The highest BCUT2D eigenvalue weighted by Gasteiger charge is 2.14. The molecule has 0 aliphatic rings. The molecule has 0 unspecified atom stereocenters. The molecule has 0 fully saturated rings. The largest absolute Gasteiger partial charge is 0.384 e. The van der Waals surface area contributed by atoms with Gasteiger partial charge in [0.15, 0.2) is 0 Å². The van der Waals surface area contributed by atoms with Crippen LogP contribution in [-0.2, 0) is 6.42 Å². The average Bonchev–Trinajstić information content (AvgIpc) is 2.36. The van der Waals surface area contributed by atoms with Gasteiger partial charge >= 0.3 is 0 Å². The van der Waals surface area contributed by atoms with Crippen molar-refractivity contribution in [2.24, 2.45) is 0 Å². The van der Waals surface area contributed by atoms with Gasteiger partial charge < -0.3 is 5.32 Å². The minimum absolute atomic E-state index is 0.696. The molecule has 0 radical (unpaired) electrons. The first-order valence-corrected chi connectivity index (χ1v) is 7.28. The number of halogens is 2. The predicted molar refractivity (Wildman–Crippen MR) is 82.7 cm³/mol. The van der Waals surface area contributed by atoms with Gasteiger partial charge in [0.05, 0.1) is 10.5 Å². The van der Waals surface area contributed by atoms with Crippen LogP contribution >= 0.6 is 27.5 Å². The van der Waals surface area contributed by atoms with Crippen LogP contribution in [0.25, 0.3) is 10.9 Å². The Hall–Kier alpha value is -0.800. The molecule has 2 nitrogen and oxygen atoms in total. The lowest BCUT2D eigenvalue weighted by Gasteiger charge is -2.16. The van der Waals surface area contributed by atoms with E-state index < -0.39 is 0 Å². The normalized spacial score (nSPS) is 10.9. The van der Waals surface area contributed by atoms with Crippen molar-refractivity contribution < 1.29 is 0 Å². The third-order valence-electron chi connectivity index (χ3n) is 3.07. The van der Waals surface area contributed by atoms with Crippen LogP contribution in [0.5, 0.6) is 0 Å². The fraction of sp³-hybridized carbons (Fsp3) is 0.357. The quantitative estimate of drug-likeness (QED) is 0.862. The molecule has 1 heterocycles. The molecule has 0 spiro atoms. The van der Waals surface area contributed by atoms with Gasteiger partial charge in [-0.3, -0.25) is 4.98 Å².